The van der Waals surface area contributed by atoms with Crippen molar-refractivity contribution < 1.29 is 0 Å². The van der Waals surface area contributed by atoms with E-state index < -0.39 is 0 Å². The third-order valence-electron chi connectivity index (χ3n) is 2.72. The van der Waals surface area contributed by atoms with Crippen LogP contribution in [0.1, 0.15) is 48.0 Å². The van der Waals surface area contributed by atoms with Crippen molar-refractivity contribution in [1.82, 2.24) is 0 Å². The molecule has 1 nitrogen and oxygen atoms in total. The molecule has 1 aliphatic heterocycles. The molecule has 14 heavy (non-hydrogen) atoms. The summed E-state index contributed by atoms with van der Waals surface area (Å²) in [4.78, 5) is 4.74. The summed E-state index contributed by atoms with van der Waals surface area (Å²) in [6, 6.07) is 0. The first-order valence-electron chi connectivity index (χ1n) is 5.45. The highest BCUT2D eigenvalue weighted by Gasteiger charge is 2.21. The molecule has 0 saturated heterocycles. The summed E-state index contributed by atoms with van der Waals surface area (Å²) < 4.78 is 0. The van der Waals surface area contributed by atoms with Gasteiger partial charge in [0.1, 0.15) is 0 Å². The summed E-state index contributed by atoms with van der Waals surface area (Å²) in [5, 5.41) is 0. The average Bonchev–Trinajstić information content (AvgIpc) is 2.42. The maximum Gasteiger partial charge on any atom is 0.0652 e. The van der Waals surface area contributed by atoms with E-state index in [1.54, 1.807) is 0 Å². The summed E-state index contributed by atoms with van der Waals surface area (Å²) >= 11 is 0. The van der Waals surface area contributed by atoms with Crippen LogP contribution in [0.3, 0.4) is 0 Å². The summed E-state index contributed by atoms with van der Waals surface area (Å²) in [5.41, 5.74) is 6.67. The van der Waals surface area contributed by atoms with Crippen molar-refractivity contribution in [3.05, 3.63) is 22.4 Å². The topological polar surface area (TPSA) is 12.4 Å². The van der Waals surface area contributed by atoms with Crippen LogP contribution in [0.25, 0.3) is 0 Å². The maximum absolute atomic E-state index is 4.74. The number of nitrogens with zero attached hydrogens (tertiary/aromatic N) is 1. The molecular weight excluding hydrogens is 170 g/mol. The van der Waals surface area contributed by atoms with Crippen molar-refractivity contribution in [2.24, 2.45) is 10.9 Å². The predicted molar refractivity (Wildman–Crippen MR) is 63.6 cm³/mol. The molecule has 0 bridgehead atoms. The Morgan fingerprint density at radius 3 is 2.14 bits per heavy atom. The fourth-order valence-corrected chi connectivity index (χ4v) is 2.02. The number of hydrogen-bond acceptors (Lipinski definition) is 1. The SMILES string of the molecule is CCC1=C(C)C(=C(C)C)N=C1C(C)C. The molecule has 0 atom stereocenters. The molecule has 0 radical (unpaired) electrons. The maximum atomic E-state index is 4.74. The van der Waals surface area contributed by atoms with Gasteiger partial charge in [-0.15, -0.1) is 0 Å². The third-order valence-corrected chi connectivity index (χ3v) is 2.72. The van der Waals surface area contributed by atoms with Gasteiger partial charge in [-0.2, -0.15) is 0 Å². The van der Waals surface area contributed by atoms with Gasteiger partial charge in [-0.3, -0.25) is 4.99 Å². The minimum absolute atomic E-state index is 0.539. The molecule has 0 unspecified atom stereocenters. The summed E-state index contributed by atoms with van der Waals surface area (Å²) in [6.45, 7) is 13.1. The fraction of sp³-hybridized carbons (Fsp3) is 0.615. The molecule has 0 aliphatic carbocycles. The molecule has 0 N–H and O–H groups in total. The molecule has 0 aromatic rings. The van der Waals surface area contributed by atoms with E-state index in [1.807, 2.05) is 0 Å². The van der Waals surface area contributed by atoms with Crippen LogP contribution >= 0.6 is 0 Å². The molecule has 0 spiro atoms. The number of allylic oxidation sites excluding steroid dienone is 3. The van der Waals surface area contributed by atoms with Crippen LogP contribution in [0.2, 0.25) is 0 Å². The standard InChI is InChI=1S/C13H21N/c1-7-11-10(6)12(8(2)3)14-13(11)9(4)5/h9H,7H2,1-6H3. The fourth-order valence-electron chi connectivity index (χ4n) is 2.02. The second-order valence-corrected chi connectivity index (χ2v) is 4.46. The van der Waals surface area contributed by atoms with E-state index in [0.717, 1.165) is 6.42 Å². The highest BCUT2D eigenvalue weighted by atomic mass is 14.8. The minimum Gasteiger partial charge on any atom is -0.253 e. The Balaban J connectivity index is 3.24. The van der Waals surface area contributed by atoms with Crippen molar-refractivity contribution in [3.63, 3.8) is 0 Å². The van der Waals surface area contributed by atoms with E-state index in [9.17, 15) is 0 Å². The Kier molecular flexibility index (Phi) is 3.30. The van der Waals surface area contributed by atoms with Crippen molar-refractivity contribution in [3.8, 4) is 0 Å². The van der Waals surface area contributed by atoms with Gasteiger partial charge in [-0.05, 0) is 44.3 Å². The Morgan fingerprint density at radius 1 is 1.29 bits per heavy atom. The van der Waals surface area contributed by atoms with E-state index in [1.165, 1.54) is 28.1 Å². The van der Waals surface area contributed by atoms with Gasteiger partial charge in [-0.1, -0.05) is 26.3 Å². The van der Waals surface area contributed by atoms with E-state index in [4.69, 9.17) is 4.99 Å². The van der Waals surface area contributed by atoms with Crippen LogP contribution in [-0.4, -0.2) is 5.71 Å². The van der Waals surface area contributed by atoms with Crippen LogP contribution in [0.5, 0.6) is 0 Å². The Hall–Kier alpha value is -0.850. The Morgan fingerprint density at radius 2 is 1.86 bits per heavy atom. The molecule has 0 saturated carbocycles. The van der Waals surface area contributed by atoms with Gasteiger partial charge in [0.15, 0.2) is 0 Å². The average molecular weight is 191 g/mol. The quantitative estimate of drug-likeness (QED) is 0.622. The Labute approximate surface area is 87.6 Å². The largest absolute Gasteiger partial charge is 0.253 e. The number of rotatable bonds is 2. The molecule has 1 aliphatic rings. The zero-order valence-electron chi connectivity index (χ0n) is 10.2. The van der Waals surface area contributed by atoms with E-state index in [-0.39, 0.29) is 0 Å². The lowest BCUT2D eigenvalue weighted by atomic mass is 9.96. The van der Waals surface area contributed by atoms with Gasteiger partial charge in [0.25, 0.3) is 0 Å². The van der Waals surface area contributed by atoms with Crippen LogP contribution < -0.4 is 0 Å². The van der Waals surface area contributed by atoms with E-state index in [2.05, 4.69) is 41.5 Å². The second kappa shape index (κ2) is 4.12. The second-order valence-electron chi connectivity index (χ2n) is 4.46. The van der Waals surface area contributed by atoms with Gasteiger partial charge in [0, 0.05) is 5.71 Å². The highest BCUT2D eigenvalue weighted by Crippen LogP contribution is 2.31. The zero-order chi connectivity index (χ0) is 10.9. The van der Waals surface area contributed by atoms with Crippen LogP contribution in [-0.2, 0) is 0 Å². The van der Waals surface area contributed by atoms with E-state index in [0.29, 0.717) is 5.92 Å². The summed E-state index contributed by atoms with van der Waals surface area (Å²) in [5.74, 6) is 0.539. The molecule has 1 heterocycles. The number of hydrogen-bond donors (Lipinski definition) is 0. The highest BCUT2D eigenvalue weighted by molar-refractivity contribution is 6.05. The normalized spacial score (nSPS) is 16.8. The van der Waals surface area contributed by atoms with E-state index >= 15 is 0 Å². The molecule has 1 heteroatoms. The lowest BCUT2D eigenvalue weighted by Crippen LogP contribution is -2.07. The first-order valence-corrected chi connectivity index (χ1v) is 5.45. The van der Waals surface area contributed by atoms with Gasteiger partial charge >= 0.3 is 0 Å². The molecule has 0 amide bonds. The van der Waals surface area contributed by atoms with Gasteiger partial charge in [0.05, 0.1) is 5.70 Å². The van der Waals surface area contributed by atoms with Gasteiger partial charge in [0.2, 0.25) is 0 Å². The van der Waals surface area contributed by atoms with Gasteiger partial charge in [-0.25, -0.2) is 0 Å². The lowest BCUT2D eigenvalue weighted by Gasteiger charge is -2.07. The predicted octanol–water partition coefficient (Wildman–Crippen LogP) is 4.12. The zero-order valence-corrected chi connectivity index (χ0v) is 10.2. The van der Waals surface area contributed by atoms with Gasteiger partial charge < -0.3 is 0 Å². The molecule has 0 aromatic carbocycles. The first-order chi connectivity index (χ1) is 6.49. The first kappa shape index (κ1) is 11.2. The summed E-state index contributed by atoms with van der Waals surface area (Å²) in [7, 11) is 0. The molecule has 78 valence electrons. The molecule has 0 fully saturated rings. The molecule has 0 aromatic heterocycles. The molecule has 1 rings (SSSR count). The lowest BCUT2D eigenvalue weighted by molar-refractivity contribution is 0.877. The third kappa shape index (κ3) is 1.82. The molecular formula is C13H21N. The number of aliphatic imine (C=N–C) groups is 1. The van der Waals surface area contributed by atoms with Crippen molar-refractivity contribution in [2.75, 3.05) is 0 Å². The smallest absolute Gasteiger partial charge is 0.0652 e. The van der Waals surface area contributed by atoms with Crippen LogP contribution in [0.15, 0.2) is 27.4 Å². The van der Waals surface area contributed by atoms with Crippen LogP contribution in [0, 0.1) is 5.92 Å². The van der Waals surface area contributed by atoms with Crippen molar-refractivity contribution in [1.29, 1.82) is 0 Å². The summed E-state index contributed by atoms with van der Waals surface area (Å²) in [6.07, 6.45) is 1.10. The monoisotopic (exact) mass is 191 g/mol. The van der Waals surface area contributed by atoms with Crippen molar-refractivity contribution >= 4 is 5.71 Å². The van der Waals surface area contributed by atoms with Crippen LogP contribution in [0.4, 0.5) is 0 Å². The minimum atomic E-state index is 0.539. The Bertz CT molecular complexity index is 323. The van der Waals surface area contributed by atoms with Crippen molar-refractivity contribution in [2.45, 2.75) is 48.0 Å².